The lowest BCUT2D eigenvalue weighted by molar-refractivity contribution is 0.0952. The number of carbonyl (C=O) groups is 2. The molecule has 5 nitrogen and oxygen atoms in total. The van der Waals surface area contributed by atoms with Crippen LogP contribution in [0.3, 0.4) is 0 Å². The van der Waals surface area contributed by atoms with Crippen molar-refractivity contribution in [2.75, 3.05) is 5.32 Å². The van der Waals surface area contributed by atoms with Crippen LogP contribution in [0.2, 0.25) is 0 Å². The van der Waals surface area contributed by atoms with E-state index in [2.05, 4.69) is 22.5 Å². The molecule has 2 aromatic carbocycles. The molecule has 0 bridgehead atoms. The molecule has 2 aliphatic rings. The lowest BCUT2D eigenvalue weighted by Gasteiger charge is -2.18. The third-order valence-corrected chi connectivity index (χ3v) is 6.03. The number of benzene rings is 2. The monoisotopic (exact) mass is 387 g/mol. The average molecular weight is 387 g/mol. The highest BCUT2D eigenvalue weighted by atomic mass is 16.2. The normalized spacial score (nSPS) is 18.3. The smallest absolute Gasteiger partial charge is 0.255 e. The first-order chi connectivity index (χ1) is 14.1. The minimum absolute atomic E-state index is 0.132. The first kappa shape index (κ1) is 18.0. The van der Waals surface area contributed by atoms with Crippen LogP contribution in [0.15, 0.2) is 42.5 Å². The van der Waals surface area contributed by atoms with Crippen molar-refractivity contribution in [2.45, 2.75) is 45.1 Å². The van der Waals surface area contributed by atoms with Crippen molar-refractivity contribution in [1.82, 2.24) is 10.3 Å². The summed E-state index contributed by atoms with van der Waals surface area (Å²) in [5.74, 6) is 0.334. The van der Waals surface area contributed by atoms with Gasteiger partial charge in [0.15, 0.2) is 0 Å². The van der Waals surface area contributed by atoms with Gasteiger partial charge in [0.1, 0.15) is 0 Å². The molecule has 0 unspecified atom stereocenters. The number of fused-ring (bicyclic) bond motifs is 3. The highest BCUT2D eigenvalue weighted by Crippen LogP contribution is 2.32. The first-order valence-electron chi connectivity index (χ1n) is 10.4. The van der Waals surface area contributed by atoms with Crippen LogP contribution < -0.4 is 10.6 Å². The zero-order valence-corrected chi connectivity index (χ0v) is 16.5. The molecule has 5 rings (SSSR count). The van der Waals surface area contributed by atoms with E-state index < -0.39 is 0 Å². The molecule has 5 heteroatoms. The number of rotatable bonds is 4. The van der Waals surface area contributed by atoms with Crippen molar-refractivity contribution < 1.29 is 9.59 Å². The molecule has 1 heterocycles. The quantitative estimate of drug-likeness (QED) is 0.619. The second-order valence-corrected chi connectivity index (χ2v) is 8.44. The van der Waals surface area contributed by atoms with Gasteiger partial charge in [-0.15, -0.1) is 0 Å². The number of para-hydroxylation sites is 1. The lowest BCUT2D eigenvalue weighted by atomic mass is 9.87. The summed E-state index contributed by atoms with van der Waals surface area (Å²) < 4.78 is 0. The number of anilines is 1. The molecule has 148 valence electrons. The van der Waals surface area contributed by atoms with Gasteiger partial charge in [0.05, 0.1) is 11.3 Å². The van der Waals surface area contributed by atoms with E-state index >= 15 is 0 Å². The van der Waals surface area contributed by atoms with Gasteiger partial charge in [-0.05, 0) is 73.9 Å². The molecule has 29 heavy (non-hydrogen) atoms. The van der Waals surface area contributed by atoms with Crippen molar-refractivity contribution >= 4 is 28.4 Å². The number of H-pyrrole nitrogens is 1. The zero-order chi connectivity index (χ0) is 20.0. The van der Waals surface area contributed by atoms with E-state index in [0.29, 0.717) is 22.7 Å². The predicted molar refractivity (Wildman–Crippen MR) is 114 cm³/mol. The minimum Gasteiger partial charge on any atom is -0.358 e. The van der Waals surface area contributed by atoms with E-state index in [1.165, 1.54) is 17.7 Å². The summed E-state index contributed by atoms with van der Waals surface area (Å²) in [6.45, 7) is 2.28. The van der Waals surface area contributed by atoms with Crippen LogP contribution in [0, 0.1) is 5.92 Å². The molecule has 1 atom stereocenters. The highest BCUT2D eigenvalue weighted by Gasteiger charge is 2.25. The third kappa shape index (κ3) is 3.53. The largest absolute Gasteiger partial charge is 0.358 e. The molecular formula is C24H25N3O2. The second kappa shape index (κ2) is 7.07. The average Bonchev–Trinajstić information content (AvgIpc) is 3.46. The standard InChI is InChI=1S/C24H25N3O2/c1-14-6-10-21-18(12-14)19-13-15(7-11-22(19)26-21)23(28)27-20-5-3-2-4-17(20)24(29)25-16-8-9-16/h2-5,7,11,13-14,16,26H,6,8-10,12H2,1H3,(H,25,29)(H,27,28)/t14-/m1/s1. The lowest BCUT2D eigenvalue weighted by Crippen LogP contribution is -2.27. The van der Waals surface area contributed by atoms with Gasteiger partial charge >= 0.3 is 0 Å². The van der Waals surface area contributed by atoms with E-state index in [-0.39, 0.29) is 17.9 Å². The fourth-order valence-corrected chi connectivity index (χ4v) is 4.21. The van der Waals surface area contributed by atoms with E-state index in [9.17, 15) is 9.59 Å². The van der Waals surface area contributed by atoms with Crippen molar-refractivity contribution in [3.63, 3.8) is 0 Å². The summed E-state index contributed by atoms with van der Waals surface area (Å²) in [7, 11) is 0. The molecule has 1 fully saturated rings. The maximum Gasteiger partial charge on any atom is 0.255 e. The summed E-state index contributed by atoms with van der Waals surface area (Å²) in [4.78, 5) is 29.0. The van der Waals surface area contributed by atoms with E-state index in [1.807, 2.05) is 30.3 Å². The van der Waals surface area contributed by atoms with Crippen LogP contribution in [-0.2, 0) is 12.8 Å². The molecule has 0 saturated heterocycles. The van der Waals surface area contributed by atoms with Crippen LogP contribution in [0.1, 0.15) is 58.2 Å². The summed E-state index contributed by atoms with van der Waals surface area (Å²) >= 11 is 0. The van der Waals surface area contributed by atoms with E-state index in [4.69, 9.17) is 0 Å². The van der Waals surface area contributed by atoms with E-state index in [1.54, 1.807) is 12.1 Å². The number of amides is 2. The number of hydrogen-bond donors (Lipinski definition) is 3. The van der Waals surface area contributed by atoms with Gasteiger partial charge in [-0.25, -0.2) is 0 Å². The Balaban J connectivity index is 1.42. The van der Waals surface area contributed by atoms with Gasteiger partial charge in [-0.1, -0.05) is 19.1 Å². The Morgan fingerprint density at radius 3 is 2.69 bits per heavy atom. The van der Waals surface area contributed by atoms with Gasteiger partial charge in [-0.2, -0.15) is 0 Å². The van der Waals surface area contributed by atoms with Gasteiger partial charge in [0.25, 0.3) is 11.8 Å². The maximum atomic E-state index is 13.0. The van der Waals surface area contributed by atoms with Crippen molar-refractivity contribution in [3.05, 3.63) is 64.8 Å². The van der Waals surface area contributed by atoms with Gasteiger partial charge in [0, 0.05) is 28.2 Å². The van der Waals surface area contributed by atoms with Gasteiger partial charge < -0.3 is 15.6 Å². The Kier molecular flexibility index (Phi) is 4.38. The van der Waals surface area contributed by atoms with Crippen molar-refractivity contribution in [1.29, 1.82) is 0 Å². The van der Waals surface area contributed by atoms with Crippen LogP contribution in [0.4, 0.5) is 5.69 Å². The number of hydrogen-bond acceptors (Lipinski definition) is 2. The van der Waals surface area contributed by atoms with Gasteiger partial charge in [-0.3, -0.25) is 9.59 Å². The van der Waals surface area contributed by atoms with E-state index in [0.717, 1.165) is 36.6 Å². The fourth-order valence-electron chi connectivity index (χ4n) is 4.21. The molecule has 1 aromatic heterocycles. The predicted octanol–water partition coefficient (Wildman–Crippen LogP) is 4.44. The highest BCUT2D eigenvalue weighted by molar-refractivity contribution is 6.10. The first-order valence-corrected chi connectivity index (χ1v) is 10.4. The number of aromatic amines is 1. The number of aromatic nitrogens is 1. The zero-order valence-electron chi connectivity index (χ0n) is 16.5. The topological polar surface area (TPSA) is 74.0 Å². The van der Waals surface area contributed by atoms with Crippen LogP contribution >= 0.6 is 0 Å². The van der Waals surface area contributed by atoms with Crippen molar-refractivity contribution in [2.24, 2.45) is 5.92 Å². The SMILES string of the molecule is C[C@@H]1CCc2[nH]c3ccc(C(=O)Nc4ccccc4C(=O)NC4CC4)cc3c2C1. The summed E-state index contributed by atoms with van der Waals surface area (Å²) in [6, 6.07) is 13.3. The summed E-state index contributed by atoms with van der Waals surface area (Å²) in [6.07, 6.45) is 5.37. The molecule has 0 radical (unpaired) electrons. The van der Waals surface area contributed by atoms with Crippen LogP contribution in [0.25, 0.3) is 10.9 Å². The summed E-state index contributed by atoms with van der Waals surface area (Å²) in [5, 5.41) is 7.06. The Bertz CT molecular complexity index is 1110. The number of aryl methyl sites for hydroxylation is 1. The molecule has 2 aliphatic carbocycles. The number of carbonyl (C=O) groups excluding carboxylic acids is 2. The Labute approximate surface area is 169 Å². The molecule has 3 N–H and O–H groups in total. The van der Waals surface area contributed by atoms with Crippen LogP contribution in [0.5, 0.6) is 0 Å². The molecule has 1 saturated carbocycles. The van der Waals surface area contributed by atoms with Crippen LogP contribution in [-0.4, -0.2) is 22.8 Å². The van der Waals surface area contributed by atoms with Gasteiger partial charge in [0.2, 0.25) is 0 Å². The summed E-state index contributed by atoms with van der Waals surface area (Å²) in [5.41, 5.74) is 5.39. The number of nitrogens with one attached hydrogen (secondary N) is 3. The molecule has 0 spiro atoms. The minimum atomic E-state index is -0.197. The molecule has 2 amide bonds. The molecule has 3 aromatic rings. The fraction of sp³-hybridized carbons (Fsp3) is 0.333. The second-order valence-electron chi connectivity index (χ2n) is 8.44. The molecular weight excluding hydrogens is 362 g/mol. The van der Waals surface area contributed by atoms with Crippen molar-refractivity contribution in [3.8, 4) is 0 Å². The Hall–Kier alpha value is -3.08. The Morgan fingerprint density at radius 2 is 1.86 bits per heavy atom. The maximum absolute atomic E-state index is 13.0. The molecule has 0 aliphatic heterocycles. The Morgan fingerprint density at radius 1 is 1.03 bits per heavy atom. The third-order valence-electron chi connectivity index (χ3n) is 6.03.